The van der Waals surface area contributed by atoms with Gasteiger partial charge in [-0.3, -0.25) is 0 Å². The van der Waals surface area contributed by atoms with Crippen molar-refractivity contribution in [1.82, 2.24) is 4.17 Å². The Morgan fingerprint density at radius 2 is 0.250 bits per heavy atom. The van der Waals surface area contributed by atoms with E-state index in [1.807, 2.05) is 0 Å². The Bertz CT molecular complexity index is 2070. The van der Waals surface area contributed by atoms with E-state index in [2.05, 4.69) is 41.5 Å². The number of hydrogen-bond donors (Lipinski definition) is 0. The van der Waals surface area contributed by atoms with E-state index in [1.54, 1.807) is 37.0 Å². The third-order valence-corrected chi connectivity index (χ3v) is 38.9. The average Bonchev–Trinajstić information content (AvgIpc) is 0.801. The maximum Gasteiger partial charge on any atom is 0.480 e. The Morgan fingerprint density at radius 3 is 0.333 bits per heavy atom. The largest absolute Gasteiger partial charge is 0.480 e. The molecule has 0 aliphatic rings. The van der Waals surface area contributed by atoms with Crippen molar-refractivity contribution >= 4 is 34.2 Å². The molecule has 0 spiro atoms. The molecule has 0 bridgehead atoms. The standard InChI is InChI=1S/C102H210NP2.C2F6NO4S2/c1-7-13-19-25-31-37-43-49-55-61-67-73-79-85-91-97-104(98-92-86-80-74-68-62-56-50-44-38-32-26-20-14-8-2,99-93-87-81-75-69-63-57-51-45-39-33-27-21-15-9-3)103-105(100-94-88-82-76-70-64-58-52-46-40-34-28-22-16-10-4,101-95-89-83-77-71-65-59-53-47-41-35-29-23-17-11-5)102-96-90-84-78-72-66-60-54-48-42-36-30-24-18-12-6;3-1(4,5)14(10,11)9-15(12,13)2(6,7)8/h7-102H2,1-6H3;/q+1;-1. The molecular formula is C104H210F6N2O4P2S2. The second-order valence-corrected chi connectivity index (χ2v) is 49.4. The maximum atomic E-state index is 11.4. The Labute approximate surface area is 748 Å². The van der Waals surface area contributed by atoms with E-state index in [-0.39, 0.29) is 0 Å². The predicted molar refractivity (Wildman–Crippen MR) is 528 cm³/mol. The molecule has 0 N–H and O–H groups in total. The molecule has 0 aliphatic heterocycles. The summed E-state index contributed by atoms with van der Waals surface area (Å²) in [6.45, 7) is 14.1. The highest BCUT2D eigenvalue weighted by Gasteiger charge is 2.47. The van der Waals surface area contributed by atoms with Crippen molar-refractivity contribution in [2.75, 3.05) is 37.0 Å². The highest BCUT2D eigenvalue weighted by atomic mass is 32.3. The van der Waals surface area contributed by atoms with Gasteiger partial charge >= 0.3 is 11.0 Å². The molecule has 0 saturated heterocycles. The highest BCUT2D eigenvalue weighted by Crippen LogP contribution is 2.57. The summed E-state index contributed by atoms with van der Waals surface area (Å²) in [6, 6.07) is 0. The normalized spacial score (nSPS) is 12.5. The summed E-state index contributed by atoms with van der Waals surface area (Å²) in [5.74, 6) is 0. The van der Waals surface area contributed by atoms with Crippen LogP contribution in [0.3, 0.4) is 0 Å². The molecule has 0 aromatic heterocycles. The van der Waals surface area contributed by atoms with Crippen LogP contribution in [0.5, 0.6) is 0 Å². The fraction of sp³-hybridized carbons (Fsp3) is 1.00. The van der Waals surface area contributed by atoms with Gasteiger partial charge in [-0.2, -0.15) is 30.5 Å². The predicted octanol–water partition coefficient (Wildman–Crippen LogP) is 40.7. The molecule has 0 atom stereocenters. The monoisotopic (exact) mass is 1790 g/mol. The van der Waals surface area contributed by atoms with Crippen molar-refractivity contribution in [3.05, 3.63) is 4.13 Å². The number of nitrogens with zero attached hydrogens (tertiary/aromatic N) is 2. The molecule has 724 valence electrons. The lowest BCUT2D eigenvalue weighted by molar-refractivity contribution is -0.0444. The van der Waals surface area contributed by atoms with Gasteiger partial charge in [-0.05, 0) is 38.5 Å². The SMILES string of the molecule is CCCCCCCCCCCCCCCCCP(CCCCCCCCCCCCCCCCC)(CCCCCCCCCCCCCCCCC)=[N+]=P(CCCCCCCCCCCCCCCCC)(CCCCCCCCCCCCCCCCC)CCCCCCCCCCCCCCCCC.O=S(=O)([N-]S(=O)(=O)C(F)(F)F)C(F)(F)F. The number of hydrogen-bond acceptors (Lipinski definition) is 4. The molecule has 0 rings (SSSR count). The van der Waals surface area contributed by atoms with Crippen LogP contribution in [0, 0.1) is 0 Å². The molecule has 0 unspecified atom stereocenters. The van der Waals surface area contributed by atoms with E-state index in [1.165, 1.54) is 578 Å². The van der Waals surface area contributed by atoms with E-state index >= 15 is 0 Å². The lowest BCUT2D eigenvalue weighted by atomic mass is 10.0. The molecular weight excluding hydrogens is 1580 g/mol. The van der Waals surface area contributed by atoms with Crippen molar-refractivity contribution in [2.45, 2.75) is 630 Å². The first-order valence-electron chi connectivity index (χ1n) is 54.1. The van der Waals surface area contributed by atoms with Crippen LogP contribution >= 0.6 is 14.1 Å². The number of halogens is 6. The van der Waals surface area contributed by atoms with Gasteiger partial charge < -0.3 is 4.13 Å². The minimum absolute atomic E-state index is 0.778. The van der Waals surface area contributed by atoms with Crippen molar-refractivity contribution in [3.63, 3.8) is 0 Å². The van der Waals surface area contributed by atoms with E-state index in [9.17, 15) is 43.2 Å². The van der Waals surface area contributed by atoms with Crippen LogP contribution in [0.25, 0.3) is 4.13 Å². The first kappa shape index (κ1) is 122. The Kier molecular flexibility index (Phi) is 93.9. The minimum atomic E-state index is -6.72. The van der Waals surface area contributed by atoms with Crippen molar-refractivity contribution in [1.29, 1.82) is 0 Å². The number of sulfonamides is 2. The van der Waals surface area contributed by atoms with Crippen molar-refractivity contribution < 1.29 is 43.2 Å². The first-order chi connectivity index (χ1) is 58.3. The topological polar surface area (TPSA) is 96.5 Å². The quantitative estimate of drug-likeness (QED) is 0.0262. The lowest BCUT2D eigenvalue weighted by Gasteiger charge is -2.22. The zero-order valence-corrected chi connectivity index (χ0v) is 84.8. The van der Waals surface area contributed by atoms with Crippen molar-refractivity contribution in [2.24, 2.45) is 0 Å². The highest BCUT2D eigenvalue weighted by molar-refractivity contribution is 8.13. The van der Waals surface area contributed by atoms with Crippen LogP contribution in [-0.2, 0) is 20.0 Å². The van der Waals surface area contributed by atoms with Crippen LogP contribution < -0.4 is 4.17 Å². The van der Waals surface area contributed by atoms with Gasteiger partial charge in [0, 0.05) is 37.0 Å². The summed E-state index contributed by atoms with van der Waals surface area (Å²) in [5, 5.41) is 0. The maximum absolute atomic E-state index is 11.4. The zero-order chi connectivity index (χ0) is 88.3. The van der Waals surface area contributed by atoms with Gasteiger partial charge in [0.15, 0.2) is 20.0 Å². The third-order valence-electron chi connectivity index (χ3n) is 26.2. The van der Waals surface area contributed by atoms with Crippen molar-refractivity contribution in [3.8, 4) is 0 Å². The van der Waals surface area contributed by atoms with Gasteiger partial charge in [0.05, 0.1) is 0 Å². The van der Waals surface area contributed by atoms with E-state index < -0.39 is 45.2 Å². The molecule has 0 heterocycles. The third kappa shape index (κ3) is 84.8. The lowest BCUT2D eigenvalue weighted by Crippen LogP contribution is -2.30. The summed E-state index contributed by atoms with van der Waals surface area (Å²) in [4.78, 5) is 0. The summed E-state index contributed by atoms with van der Waals surface area (Å²) in [5.41, 5.74) is -12.4. The first-order valence-corrected chi connectivity index (χ1v) is 61.6. The van der Waals surface area contributed by atoms with Crippen LogP contribution in [0.2, 0.25) is 0 Å². The summed E-state index contributed by atoms with van der Waals surface area (Å²) < 4.78 is 116. The molecule has 0 aromatic rings. The molecule has 0 fully saturated rings. The van der Waals surface area contributed by atoms with E-state index in [0.29, 0.717) is 0 Å². The van der Waals surface area contributed by atoms with Crippen LogP contribution in [-0.4, -0.2) is 64.8 Å². The molecule has 120 heavy (non-hydrogen) atoms. The Hall–Kier alpha value is 0.0100. The second kappa shape index (κ2) is 92.3. The number of rotatable bonds is 98. The molecule has 16 heteroatoms. The zero-order valence-electron chi connectivity index (χ0n) is 81.4. The van der Waals surface area contributed by atoms with Gasteiger partial charge in [0.25, 0.3) is 0 Å². The fourth-order valence-electron chi connectivity index (χ4n) is 18.2. The minimum Gasteiger partial charge on any atom is -0.421 e. The van der Waals surface area contributed by atoms with Gasteiger partial charge in [-0.25, -0.2) is 16.8 Å². The molecule has 6 nitrogen and oxygen atoms in total. The second-order valence-electron chi connectivity index (χ2n) is 38.2. The molecule has 0 amide bonds. The van der Waals surface area contributed by atoms with E-state index in [0.717, 1.165) is 4.13 Å². The number of alkyl halides is 6. The molecule has 0 saturated carbocycles. The molecule has 0 aromatic carbocycles. The van der Waals surface area contributed by atoms with Gasteiger partial charge in [-0.15, -0.1) is 0 Å². The van der Waals surface area contributed by atoms with Gasteiger partial charge in [-0.1, -0.05) is 581 Å². The summed E-state index contributed by atoms with van der Waals surface area (Å²) in [7, 11) is -16.4. The van der Waals surface area contributed by atoms with Crippen LogP contribution in [0.4, 0.5) is 26.3 Å². The van der Waals surface area contributed by atoms with Crippen LogP contribution in [0.15, 0.2) is 0 Å². The van der Waals surface area contributed by atoms with Gasteiger partial charge in [0.2, 0.25) is 14.1 Å². The van der Waals surface area contributed by atoms with E-state index in [4.69, 9.17) is 4.17 Å². The summed E-state index contributed by atoms with van der Waals surface area (Å²) in [6.07, 6.45) is 142. The summed E-state index contributed by atoms with van der Waals surface area (Å²) >= 11 is 0. The smallest absolute Gasteiger partial charge is 0.421 e. The van der Waals surface area contributed by atoms with Crippen LogP contribution in [0.1, 0.15) is 619 Å². The Balaban J connectivity index is 0. The fourth-order valence-corrected chi connectivity index (χ4v) is 31.5. The number of unbranched alkanes of at least 4 members (excludes halogenated alkanes) is 84. The van der Waals surface area contributed by atoms with Gasteiger partial charge in [0.1, 0.15) is 0 Å². The molecule has 0 radical (unpaired) electrons. The average molecular weight is 1790 g/mol. The Morgan fingerprint density at radius 1 is 0.167 bits per heavy atom. The molecule has 0 aliphatic carbocycles.